The van der Waals surface area contributed by atoms with E-state index in [9.17, 15) is 14.6 Å². The normalized spacial score (nSPS) is 26.3. The van der Waals surface area contributed by atoms with E-state index in [0.717, 1.165) is 53.7 Å². The molecule has 3 aromatic rings. The molecule has 188 valence electrons. The molecule has 1 heterocycles. The highest BCUT2D eigenvalue weighted by atomic mass is 19.1. The molecule has 1 unspecified atom stereocenters. The van der Waals surface area contributed by atoms with E-state index in [-0.39, 0.29) is 18.3 Å². The first kappa shape index (κ1) is 23.4. The number of halogens is 1. The van der Waals surface area contributed by atoms with E-state index < -0.39 is 12.2 Å². The number of aliphatic hydroxyl groups is 2. The number of rotatable bonds is 7. The zero-order valence-corrected chi connectivity index (χ0v) is 20.5. The van der Waals surface area contributed by atoms with Gasteiger partial charge >= 0.3 is 0 Å². The van der Waals surface area contributed by atoms with Crippen molar-refractivity contribution in [2.75, 3.05) is 6.61 Å². The molecule has 5 nitrogen and oxygen atoms in total. The zero-order valence-electron chi connectivity index (χ0n) is 20.5. The topological polar surface area (TPSA) is 71.8 Å². The summed E-state index contributed by atoms with van der Waals surface area (Å²) in [5.41, 5.74) is 5.87. The van der Waals surface area contributed by atoms with Gasteiger partial charge in [0.1, 0.15) is 18.2 Å². The van der Waals surface area contributed by atoms with Gasteiger partial charge in [-0.15, -0.1) is 0 Å². The number of aliphatic hydroxyl groups excluding tert-OH is 2. The summed E-state index contributed by atoms with van der Waals surface area (Å²) in [6, 6.07) is 15.1. The van der Waals surface area contributed by atoms with Crippen LogP contribution in [-0.2, 0) is 13.0 Å². The van der Waals surface area contributed by atoms with Gasteiger partial charge < -0.3 is 19.7 Å². The Balaban J connectivity index is 1.12. The number of aromatic nitrogens is 1. The van der Waals surface area contributed by atoms with Gasteiger partial charge in [-0.25, -0.2) is 9.37 Å². The molecular weight excluding hydrogens is 457 g/mol. The molecule has 2 fully saturated rings. The van der Waals surface area contributed by atoms with Gasteiger partial charge in [0.15, 0.2) is 0 Å². The van der Waals surface area contributed by atoms with Crippen LogP contribution in [0.5, 0.6) is 11.6 Å². The van der Waals surface area contributed by atoms with Crippen LogP contribution in [0.3, 0.4) is 0 Å². The van der Waals surface area contributed by atoms with Crippen LogP contribution in [-0.4, -0.2) is 34.0 Å². The Hall–Kier alpha value is -2.96. The Labute approximate surface area is 210 Å². The molecule has 0 saturated heterocycles. The molecule has 0 bridgehead atoms. The second kappa shape index (κ2) is 9.49. The van der Waals surface area contributed by atoms with Crippen LogP contribution in [0.1, 0.15) is 54.0 Å². The van der Waals surface area contributed by atoms with Crippen molar-refractivity contribution in [1.29, 1.82) is 0 Å². The predicted molar refractivity (Wildman–Crippen MR) is 135 cm³/mol. The lowest BCUT2D eigenvalue weighted by Gasteiger charge is -2.31. The van der Waals surface area contributed by atoms with E-state index in [4.69, 9.17) is 9.47 Å². The van der Waals surface area contributed by atoms with Crippen molar-refractivity contribution in [3.8, 4) is 22.8 Å². The van der Waals surface area contributed by atoms with Crippen LogP contribution in [0.15, 0.2) is 48.5 Å². The summed E-state index contributed by atoms with van der Waals surface area (Å²) in [5.74, 6) is 2.44. The molecule has 2 aromatic carbocycles. The Morgan fingerprint density at radius 1 is 1.03 bits per heavy atom. The van der Waals surface area contributed by atoms with Crippen molar-refractivity contribution < 1.29 is 24.1 Å². The molecule has 6 heteroatoms. The smallest absolute Gasteiger partial charge is 0.213 e. The number of aryl methyl sites for hydroxylation is 1. The molecular formula is C30H32FNO4. The summed E-state index contributed by atoms with van der Waals surface area (Å²) in [5, 5.41) is 20.1. The Bertz CT molecular complexity index is 1280. The summed E-state index contributed by atoms with van der Waals surface area (Å²) >= 11 is 0. The van der Waals surface area contributed by atoms with Gasteiger partial charge in [-0.3, -0.25) is 0 Å². The van der Waals surface area contributed by atoms with Gasteiger partial charge in [-0.2, -0.15) is 0 Å². The number of benzene rings is 2. The minimum absolute atomic E-state index is 0.105. The molecule has 0 radical (unpaired) electrons. The van der Waals surface area contributed by atoms with Crippen molar-refractivity contribution in [3.05, 3.63) is 76.7 Å². The molecule has 0 aliphatic heterocycles. The lowest BCUT2D eigenvalue weighted by Crippen LogP contribution is -2.40. The number of nitrogens with zero attached hydrogens (tertiary/aromatic N) is 1. The third-order valence-corrected chi connectivity index (χ3v) is 8.13. The van der Waals surface area contributed by atoms with Crippen LogP contribution in [0.2, 0.25) is 0 Å². The highest BCUT2D eigenvalue weighted by molar-refractivity contribution is 5.67. The standard InChI is InChI=1S/C30H32FNO4/c1-17-24(8-10-29(32-17)36-15-19-3-2-4-28(33)30(19)34)18-5-9-27(31)22(11-18)16-35-23-6-7-25-20(13-23)12-21-14-26(21)25/h5-11,13,19,21,26,28,30,33-34H,2-4,12,14-16H2,1H3/t19?,21-,26+,28-,30+/m0/s1. The van der Waals surface area contributed by atoms with Gasteiger partial charge in [-0.05, 0) is 91.5 Å². The van der Waals surface area contributed by atoms with Crippen molar-refractivity contribution >= 4 is 0 Å². The maximum Gasteiger partial charge on any atom is 0.213 e. The fourth-order valence-corrected chi connectivity index (χ4v) is 5.90. The van der Waals surface area contributed by atoms with Crippen LogP contribution in [0.4, 0.5) is 4.39 Å². The number of fused-ring (bicyclic) bond motifs is 3. The average Bonchev–Trinajstić information content (AvgIpc) is 3.55. The maximum atomic E-state index is 14.6. The fraction of sp³-hybridized carbons (Fsp3) is 0.433. The van der Waals surface area contributed by atoms with E-state index in [2.05, 4.69) is 17.1 Å². The first-order valence-corrected chi connectivity index (χ1v) is 13.0. The molecule has 0 amide bonds. The maximum absolute atomic E-state index is 14.6. The van der Waals surface area contributed by atoms with E-state index in [1.807, 2.05) is 25.1 Å². The van der Waals surface area contributed by atoms with Crippen molar-refractivity contribution in [1.82, 2.24) is 4.98 Å². The average molecular weight is 490 g/mol. The first-order valence-electron chi connectivity index (χ1n) is 13.0. The van der Waals surface area contributed by atoms with Crippen molar-refractivity contribution in [3.63, 3.8) is 0 Å². The highest BCUT2D eigenvalue weighted by Gasteiger charge is 2.44. The summed E-state index contributed by atoms with van der Waals surface area (Å²) in [7, 11) is 0. The molecule has 2 N–H and O–H groups in total. The number of hydrogen-bond acceptors (Lipinski definition) is 5. The fourth-order valence-electron chi connectivity index (χ4n) is 5.90. The second-order valence-electron chi connectivity index (χ2n) is 10.6. The molecule has 3 aliphatic rings. The summed E-state index contributed by atoms with van der Waals surface area (Å²) in [4.78, 5) is 4.58. The van der Waals surface area contributed by atoms with Gasteiger partial charge in [0, 0.05) is 28.8 Å². The SMILES string of the molecule is Cc1nc(OCC2CCC[C@H](O)[C@@H]2O)ccc1-c1ccc(F)c(COc2ccc3c(c2)C[C@H]2C[C@@H]32)c1. The van der Waals surface area contributed by atoms with Crippen molar-refractivity contribution in [2.45, 2.75) is 63.8 Å². The molecule has 3 aliphatic carbocycles. The second-order valence-corrected chi connectivity index (χ2v) is 10.6. The largest absolute Gasteiger partial charge is 0.489 e. The van der Waals surface area contributed by atoms with Crippen molar-refractivity contribution in [2.24, 2.45) is 11.8 Å². The Morgan fingerprint density at radius 2 is 1.92 bits per heavy atom. The third-order valence-electron chi connectivity index (χ3n) is 8.13. The number of hydrogen-bond donors (Lipinski definition) is 2. The lowest BCUT2D eigenvalue weighted by atomic mass is 9.85. The van der Waals surface area contributed by atoms with Crippen LogP contribution >= 0.6 is 0 Å². The lowest BCUT2D eigenvalue weighted by molar-refractivity contribution is -0.0560. The minimum Gasteiger partial charge on any atom is -0.489 e. The first-order chi connectivity index (χ1) is 17.5. The van der Waals surface area contributed by atoms with Gasteiger partial charge in [-0.1, -0.05) is 18.6 Å². The third kappa shape index (κ3) is 4.60. The summed E-state index contributed by atoms with van der Waals surface area (Å²) < 4.78 is 26.4. The number of ether oxygens (including phenoxy) is 2. The molecule has 5 atom stereocenters. The molecule has 1 aromatic heterocycles. The summed E-state index contributed by atoms with van der Waals surface area (Å²) in [6.45, 7) is 2.37. The van der Waals surface area contributed by atoms with Crippen LogP contribution < -0.4 is 9.47 Å². The molecule has 2 saturated carbocycles. The van der Waals surface area contributed by atoms with E-state index in [0.29, 0.717) is 24.5 Å². The van der Waals surface area contributed by atoms with Crippen LogP contribution in [0, 0.1) is 24.6 Å². The molecule has 36 heavy (non-hydrogen) atoms. The van der Waals surface area contributed by atoms with Gasteiger partial charge in [0.05, 0.1) is 18.8 Å². The van der Waals surface area contributed by atoms with Gasteiger partial charge in [0.25, 0.3) is 0 Å². The Morgan fingerprint density at radius 3 is 2.78 bits per heavy atom. The quantitative estimate of drug-likeness (QED) is 0.469. The predicted octanol–water partition coefficient (Wildman–Crippen LogP) is 5.34. The Kier molecular flexibility index (Phi) is 6.18. The van der Waals surface area contributed by atoms with E-state index >= 15 is 0 Å². The van der Waals surface area contributed by atoms with Gasteiger partial charge in [0.2, 0.25) is 5.88 Å². The van der Waals surface area contributed by atoms with Crippen LogP contribution in [0.25, 0.3) is 11.1 Å². The molecule has 6 rings (SSSR count). The molecule has 0 spiro atoms. The monoisotopic (exact) mass is 489 g/mol. The van der Waals surface area contributed by atoms with E-state index in [1.165, 1.54) is 23.6 Å². The zero-order chi connectivity index (χ0) is 24.8. The summed E-state index contributed by atoms with van der Waals surface area (Å²) in [6.07, 6.45) is 3.33. The number of pyridine rings is 1. The minimum atomic E-state index is -0.763. The highest BCUT2D eigenvalue weighted by Crippen LogP contribution is 2.56. The van der Waals surface area contributed by atoms with E-state index in [1.54, 1.807) is 12.1 Å².